The number of carbonyl (C=O) groups excluding carboxylic acids is 1. The minimum Gasteiger partial charge on any atom is -0.356 e. The molecule has 0 radical (unpaired) electrons. The standard InChI is InChI=1S/C24H41N5O/c1-25-24(26-15-10-5-4-6-11-16-28(2)3)27-19-22-18-23(30)29(20-22)17-14-21-12-8-7-9-13-21/h7-9,12-13,22H,4-6,10-11,14-20H2,1-3H3,(H2,25,26,27). The van der Waals surface area contributed by atoms with Gasteiger partial charge in [0.1, 0.15) is 0 Å². The van der Waals surface area contributed by atoms with Crippen LogP contribution in [-0.2, 0) is 11.2 Å². The SMILES string of the molecule is CN=C(NCCCCCCCN(C)C)NCC1CC(=O)N(CCc2ccccc2)C1. The van der Waals surface area contributed by atoms with Gasteiger partial charge in [-0.25, -0.2) is 0 Å². The maximum Gasteiger partial charge on any atom is 0.223 e. The van der Waals surface area contributed by atoms with Crippen molar-refractivity contribution in [1.82, 2.24) is 20.4 Å². The highest BCUT2D eigenvalue weighted by Gasteiger charge is 2.29. The Morgan fingerprint density at radius 3 is 2.57 bits per heavy atom. The van der Waals surface area contributed by atoms with Crippen molar-refractivity contribution >= 4 is 11.9 Å². The number of hydrogen-bond donors (Lipinski definition) is 2. The molecule has 1 aromatic carbocycles. The molecular weight excluding hydrogens is 374 g/mol. The lowest BCUT2D eigenvalue weighted by molar-refractivity contribution is -0.127. The zero-order chi connectivity index (χ0) is 21.6. The van der Waals surface area contributed by atoms with Gasteiger partial charge < -0.3 is 20.4 Å². The van der Waals surface area contributed by atoms with Gasteiger partial charge >= 0.3 is 0 Å². The summed E-state index contributed by atoms with van der Waals surface area (Å²) >= 11 is 0. The summed E-state index contributed by atoms with van der Waals surface area (Å²) in [6.07, 6.45) is 7.86. The molecule has 6 nitrogen and oxygen atoms in total. The quantitative estimate of drug-likeness (QED) is 0.295. The summed E-state index contributed by atoms with van der Waals surface area (Å²) in [7, 11) is 6.07. The van der Waals surface area contributed by atoms with E-state index < -0.39 is 0 Å². The summed E-state index contributed by atoms with van der Waals surface area (Å²) in [4.78, 5) is 20.9. The van der Waals surface area contributed by atoms with E-state index in [0.29, 0.717) is 12.3 Å². The van der Waals surface area contributed by atoms with Crippen molar-refractivity contribution in [3.8, 4) is 0 Å². The average molecular weight is 416 g/mol. The van der Waals surface area contributed by atoms with E-state index >= 15 is 0 Å². The Bertz CT molecular complexity index is 632. The number of amides is 1. The van der Waals surface area contributed by atoms with Crippen molar-refractivity contribution in [2.45, 2.75) is 44.9 Å². The summed E-state index contributed by atoms with van der Waals surface area (Å²) in [5.74, 6) is 1.47. The second-order valence-corrected chi connectivity index (χ2v) is 8.60. The van der Waals surface area contributed by atoms with Gasteiger partial charge in [0.25, 0.3) is 0 Å². The van der Waals surface area contributed by atoms with Gasteiger partial charge in [0.05, 0.1) is 0 Å². The van der Waals surface area contributed by atoms with Crippen molar-refractivity contribution < 1.29 is 4.79 Å². The molecule has 0 aromatic heterocycles. The fraction of sp³-hybridized carbons (Fsp3) is 0.667. The number of aliphatic imine (C=N–C) groups is 1. The van der Waals surface area contributed by atoms with Crippen molar-refractivity contribution in [2.24, 2.45) is 10.9 Å². The number of hydrogen-bond acceptors (Lipinski definition) is 3. The zero-order valence-corrected chi connectivity index (χ0v) is 19.2. The summed E-state index contributed by atoms with van der Waals surface area (Å²) in [6, 6.07) is 10.4. The molecule has 1 aliphatic heterocycles. The van der Waals surface area contributed by atoms with Crippen molar-refractivity contribution in [3.05, 3.63) is 35.9 Å². The Morgan fingerprint density at radius 1 is 1.10 bits per heavy atom. The molecule has 2 N–H and O–H groups in total. The Labute approximate surface area is 183 Å². The van der Waals surface area contributed by atoms with Crippen LogP contribution in [0.4, 0.5) is 0 Å². The molecule has 0 bridgehead atoms. The van der Waals surface area contributed by atoms with Crippen LogP contribution in [0.2, 0.25) is 0 Å². The van der Waals surface area contributed by atoms with Crippen LogP contribution in [0.25, 0.3) is 0 Å². The Morgan fingerprint density at radius 2 is 1.83 bits per heavy atom. The van der Waals surface area contributed by atoms with Gasteiger partial charge in [-0.2, -0.15) is 0 Å². The third-order valence-corrected chi connectivity index (χ3v) is 5.66. The summed E-state index contributed by atoms with van der Waals surface area (Å²) in [6.45, 7) is 4.56. The van der Waals surface area contributed by atoms with E-state index in [4.69, 9.17) is 0 Å². The van der Waals surface area contributed by atoms with Gasteiger partial charge in [0.15, 0.2) is 5.96 Å². The number of unbranched alkanes of at least 4 members (excludes halogenated alkanes) is 4. The fourth-order valence-corrected chi connectivity index (χ4v) is 3.87. The molecule has 0 spiro atoms. The predicted molar refractivity (Wildman–Crippen MR) is 126 cm³/mol. The number of guanidine groups is 1. The molecule has 168 valence electrons. The van der Waals surface area contributed by atoms with E-state index in [1.165, 1.54) is 37.8 Å². The first-order chi connectivity index (χ1) is 14.6. The third kappa shape index (κ3) is 9.61. The lowest BCUT2D eigenvalue weighted by Gasteiger charge is -2.18. The van der Waals surface area contributed by atoms with Crippen LogP contribution < -0.4 is 10.6 Å². The first kappa shape index (κ1) is 24.2. The molecule has 0 saturated carbocycles. The predicted octanol–water partition coefficient (Wildman–Crippen LogP) is 2.75. The van der Waals surface area contributed by atoms with Crippen molar-refractivity contribution in [2.75, 3.05) is 53.9 Å². The van der Waals surface area contributed by atoms with Gasteiger partial charge in [-0.1, -0.05) is 49.6 Å². The lowest BCUT2D eigenvalue weighted by atomic mass is 10.1. The molecular formula is C24H41N5O. The number of carbonyl (C=O) groups is 1. The Balaban J connectivity index is 1.56. The van der Waals surface area contributed by atoms with E-state index in [2.05, 4.69) is 58.9 Å². The van der Waals surface area contributed by atoms with E-state index in [9.17, 15) is 4.79 Å². The van der Waals surface area contributed by atoms with Crippen LogP contribution >= 0.6 is 0 Å². The number of nitrogens with one attached hydrogen (secondary N) is 2. The normalized spacial score (nSPS) is 17.1. The summed E-state index contributed by atoms with van der Waals surface area (Å²) in [5.41, 5.74) is 1.29. The average Bonchev–Trinajstić information content (AvgIpc) is 3.10. The van der Waals surface area contributed by atoms with Gasteiger partial charge in [-0.05, 0) is 45.5 Å². The van der Waals surface area contributed by atoms with Crippen LogP contribution in [0.1, 0.15) is 44.1 Å². The number of rotatable bonds is 13. The number of nitrogens with zero attached hydrogens (tertiary/aromatic N) is 3. The van der Waals surface area contributed by atoms with Crippen LogP contribution in [0.5, 0.6) is 0 Å². The third-order valence-electron chi connectivity index (χ3n) is 5.66. The first-order valence-electron chi connectivity index (χ1n) is 11.5. The van der Waals surface area contributed by atoms with Crippen LogP contribution in [0.3, 0.4) is 0 Å². The van der Waals surface area contributed by atoms with E-state index in [0.717, 1.165) is 45.0 Å². The molecule has 1 amide bonds. The van der Waals surface area contributed by atoms with Gasteiger partial charge in [0, 0.05) is 45.6 Å². The van der Waals surface area contributed by atoms with E-state index in [-0.39, 0.29) is 5.91 Å². The van der Waals surface area contributed by atoms with E-state index in [1.54, 1.807) is 0 Å². The molecule has 1 saturated heterocycles. The lowest BCUT2D eigenvalue weighted by Crippen LogP contribution is -2.40. The topological polar surface area (TPSA) is 60.0 Å². The highest BCUT2D eigenvalue weighted by atomic mass is 16.2. The Kier molecular flexibility index (Phi) is 11.3. The summed E-state index contributed by atoms with van der Waals surface area (Å²) in [5, 5.41) is 6.81. The highest BCUT2D eigenvalue weighted by Crippen LogP contribution is 2.17. The van der Waals surface area contributed by atoms with Gasteiger partial charge in [-0.3, -0.25) is 9.79 Å². The maximum absolute atomic E-state index is 12.3. The highest BCUT2D eigenvalue weighted by molar-refractivity contribution is 5.80. The van der Waals surface area contributed by atoms with Gasteiger partial charge in [0.2, 0.25) is 5.91 Å². The molecule has 6 heteroatoms. The summed E-state index contributed by atoms with van der Waals surface area (Å²) < 4.78 is 0. The molecule has 1 unspecified atom stereocenters. The smallest absolute Gasteiger partial charge is 0.223 e. The van der Waals surface area contributed by atoms with Crippen molar-refractivity contribution in [3.63, 3.8) is 0 Å². The van der Waals surface area contributed by atoms with Crippen LogP contribution in [-0.4, -0.2) is 75.5 Å². The molecule has 30 heavy (non-hydrogen) atoms. The first-order valence-corrected chi connectivity index (χ1v) is 11.5. The monoisotopic (exact) mass is 415 g/mol. The van der Waals surface area contributed by atoms with E-state index in [1.807, 2.05) is 18.0 Å². The molecule has 1 atom stereocenters. The fourth-order valence-electron chi connectivity index (χ4n) is 3.87. The van der Waals surface area contributed by atoms with Crippen LogP contribution in [0, 0.1) is 5.92 Å². The minimum absolute atomic E-state index is 0.273. The molecule has 1 aromatic rings. The second-order valence-electron chi connectivity index (χ2n) is 8.60. The molecule has 1 fully saturated rings. The molecule has 1 aliphatic rings. The maximum atomic E-state index is 12.3. The Hall–Kier alpha value is -2.08. The number of benzene rings is 1. The molecule has 2 rings (SSSR count). The molecule has 0 aliphatic carbocycles. The second kappa shape index (κ2) is 14.0. The molecule has 1 heterocycles. The van der Waals surface area contributed by atoms with Crippen LogP contribution in [0.15, 0.2) is 35.3 Å². The van der Waals surface area contributed by atoms with Gasteiger partial charge in [-0.15, -0.1) is 0 Å². The number of likely N-dealkylation sites (tertiary alicyclic amines) is 1. The largest absolute Gasteiger partial charge is 0.356 e. The van der Waals surface area contributed by atoms with Crippen molar-refractivity contribution in [1.29, 1.82) is 0 Å². The zero-order valence-electron chi connectivity index (χ0n) is 19.2. The minimum atomic E-state index is 0.273.